The summed E-state index contributed by atoms with van der Waals surface area (Å²) in [5.41, 5.74) is -0.0674. The average molecular weight is 404 g/mol. The highest BCUT2D eigenvalue weighted by Gasteiger charge is 2.30. The molecular weight excluding hydrogens is 389 g/mol. The van der Waals surface area contributed by atoms with Crippen LogP contribution < -0.4 is 14.9 Å². The molecule has 0 spiro atoms. The lowest BCUT2D eigenvalue weighted by atomic mass is 10.1. The summed E-state index contributed by atoms with van der Waals surface area (Å²) < 4.78 is 60.7. The Bertz CT molecular complexity index is 1250. The molecule has 0 N–H and O–H groups in total. The molecule has 0 aliphatic carbocycles. The Kier molecular flexibility index (Phi) is 4.49. The highest BCUT2D eigenvalue weighted by atomic mass is 19.4. The molecule has 4 rings (SSSR count). The number of alkyl halides is 3. The van der Waals surface area contributed by atoms with Gasteiger partial charge in [0.15, 0.2) is 16.6 Å². The monoisotopic (exact) mass is 404 g/mol. The largest absolute Gasteiger partial charge is 0.495 e. The summed E-state index contributed by atoms with van der Waals surface area (Å²) in [4.78, 5) is 12.6. The van der Waals surface area contributed by atoms with Crippen LogP contribution in [0.5, 0.6) is 11.5 Å². The number of hydrogen-bond acceptors (Lipinski definition) is 5. The second kappa shape index (κ2) is 6.88. The molecule has 0 amide bonds. The van der Waals surface area contributed by atoms with Gasteiger partial charge in [0.05, 0.1) is 24.3 Å². The SMILES string of the molecule is COc1c2ccoc2c(OCc2ccc(C(F)(F)F)cc2)c2oc(C)cc(=O)c12. The molecule has 8 heteroatoms. The molecule has 5 nitrogen and oxygen atoms in total. The number of methoxy groups -OCH3 is 1. The number of ether oxygens (including phenoxy) is 2. The van der Waals surface area contributed by atoms with Gasteiger partial charge in [0.25, 0.3) is 0 Å². The van der Waals surface area contributed by atoms with E-state index in [0.29, 0.717) is 28.0 Å². The molecule has 0 atom stereocenters. The fourth-order valence-electron chi connectivity index (χ4n) is 3.18. The molecule has 0 aliphatic heterocycles. The third kappa shape index (κ3) is 3.30. The molecule has 0 saturated carbocycles. The fraction of sp³-hybridized carbons (Fsp3) is 0.190. The van der Waals surface area contributed by atoms with Crippen molar-refractivity contribution in [2.75, 3.05) is 7.11 Å². The van der Waals surface area contributed by atoms with Crippen LogP contribution in [0.1, 0.15) is 16.9 Å². The van der Waals surface area contributed by atoms with Crippen molar-refractivity contribution in [3.8, 4) is 11.5 Å². The smallest absolute Gasteiger partial charge is 0.416 e. The number of halogens is 3. The molecule has 29 heavy (non-hydrogen) atoms. The van der Waals surface area contributed by atoms with Gasteiger partial charge in [-0.05, 0) is 30.7 Å². The first-order valence-corrected chi connectivity index (χ1v) is 8.60. The first-order valence-electron chi connectivity index (χ1n) is 8.60. The van der Waals surface area contributed by atoms with Crippen molar-refractivity contribution >= 4 is 21.9 Å². The van der Waals surface area contributed by atoms with Crippen LogP contribution in [0.25, 0.3) is 21.9 Å². The highest BCUT2D eigenvalue weighted by molar-refractivity contribution is 6.06. The lowest BCUT2D eigenvalue weighted by molar-refractivity contribution is -0.137. The van der Waals surface area contributed by atoms with E-state index in [1.54, 1.807) is 13.0 Å². The number of rotatable bonds is 4. The van der Waals surface area contributed by atoms with E-state index in [4.69, 9.17) is 18.3 Å². The zero-order chi connectivity index (χ0) is 20.8. The Hall–Kier alpha value is -3.42. The minimum absolute atomic E-state index is 0.0486. The minimum Gasteiger partial charge on any atom is -0.495 e. The lowest BCUT2D eigenvalue weighted by Gasteiger charge is -2.13. The molecule has 2 heterocycles. The highest BCUT2D eigenvalue weighted by Crippen LogP contribution is 2.42. The van der Waals surface area contributed by atoms with Gasteiger partial charge in [-0.3, -0.25) is 4.79 Å². The molecule has 0 saturated heterocycles. The summed E-state index contributed by atoms with van der Waals surface area (Å²) in [7, 11) is 1.43. The standard InChI is InChI=1S/C21H15F3O5/c1-11-9-15(25)16-17(26-2)14-7-8-27-18(14)20(19(16)29-11)28-10-12-3-5-13(6-4-12)21(22,23)24/h3-9H,10H2,1-2H3. The van der Waals surface area contributed by atoms with Crippen LogP contribution >= 0.6 is 0 Å². The first kappa shape index (κ1) is 18.9. The Balaban J connectivity index is 1.81. The maximum absolute atomic E-state index is 12.7. The molecule has 0 aliphatic rings. The van der Waals surface area contributed by atoms with E-state index in [0.717, 1.165) is 12.1 Å². The number of fused-ring (bicyclic) bond motifs is 2. The number of benzene rings is 2. The van der Waals surface area contributed by atoms with Crippen molar-refractivity contribution in [3.05, 3.63) is 69.8 Å². The Morgan fingerprint density at radius 2 is 1.76 bits per heavy atom. The molecule has 0 radical (unpaired) electrons. The Labute approximate surface area is 162 Å². The van der Waals surface area contributed by atoms with E-state index in [2.05, 4.69) is 0 Å². The molecule has 2 aromatic heterocycles. The number of aryl methyl sites for hydroxylation is 1. The van der Waals surface area contributed by atoms with Gasteiger partial charge in [-0.25, -0.2) is 0 Å². The van der Waals surface area contributed by atoms with Gasteiger partial charge in [-0.15, -0.1) is 0 Å². The van der Waals surface area contributed by atoms with E-state index in [1.807, 2.05) is 0 Å². The second-order valence-corrected chi connectivity index (χ2v) is 6.43. The zero-order valence-electron chi connectivity index (χ0n) is 15.4. The van der Waals surface area contributed by atoms with Crippen molar-refractivity contribution in [2.45, 2.75) is 19.7 Å². The summed E-state index contributed by atoms with van der Waals surface area (Å²) in [6.45, 7) is 1.58. The molecule has 150 valence electrons. The molecular formula is C21H15F3O5. The summed E-state index contributed by atoms with van der Waals surface area (Å²) in [5, 5.41) is 0.730. The average Bonchev–Trinajstić information content (AvgIpc) is 3.14. The van der Waals surface area contributed by atoms with Gasteiger partial charge in [0, 0.05) is 6.07 Å². The van der Waals surface area contributed by atoms with Crippen molar-refractivity contribution in [3.63, 3.8) is 0 Å². The van der Waals surface area contributed by atoms with E-state index >= 15 is 0 Å². The predicted octanol–water partition coefficient (Wildman–Crippen LogP) is 5.45. The van der Waals surface area contributed by atoms with E-state index in [1.165, 1.54) is 31.6 Å². The van der Waals surface area contributed by atoms with Crippen LogP contribution in [0.3, 0.4) is 0 Å². The maximum atomic E-state index is 12.7. The van der Waals surface area contributed by atoms with Gasteiger partial charge in [-0.1, -0.05) is 12.1 Å². The molecule has 0 fully saturated rings. The summed E-state index contributed by atoms with van der Waals surface area (Å²) >= 11 is 0. The van der Waals surface area contributed by atoms with Gasteiger partial charge in [0.2, 0.25) is 5.75 Å². The second-order valence-electron chi connectivity index (χ2n) is 6.43. The lowest BCUT2D eigenvalue weighted by Crippen LogP contribution is -2.06. The van der Waals surface area contributed by atoms with Crippen LogP contribution in [0.4, 0.5) is 13.2 Å². The van der Waals surface area contributed by atoms with Crippen LogP contribution in [0.15, 0.2) is 56.3 Å². The summed E-state index contributed by atoms with van der Waals surface area (Å²) in [6.07, 6.45) is -2.98. The number of hydrogen-bond donors (Lipinski definition) is 0. The van der Waals surface area contributed by atoms with Crippen LogP contribution in [0.2, 0.25) is 0 Å². The first-order chi connectivity index (χ1) is 13.8. The topological polar surface area (TPSA) is 61.8 Å². The predicted molar refractivity (Wildman–Crippen MR) is 99.3 cm³/mol. The van der Waals surface area contributed by atoms with Gasteiger partial charge in [-0.2, -0.15) is 13.2 Å². The van der Waals surface area contributed by atoms with E-state index in [9.17, 15) is 18.0 Å². The van der Waals surface area contributed by atoms with Gasteiger partial charge < -0.3 is 18.3 Å². The fourth-order valence-corrected chi connectivity index (χ4v) is 3.18. The van der Waals surface area contributed by atoms with Gasteiger partial charge in [0.1, 0.15) is 23.5 Å². The minimum atomic E-state index is -4.41. The van der Waals surface area contributed by atoms with Gasteiger partial charge >= 0.3 is 6.18 Å². The molecule has 0 bridgehead atoms. The third-order valence-electron chi connectivity index (χ3n) is 4.49. The van der Waals surface area contributed by atoms with Crippen molar-refractivity contribution in [1.82, 2.24) is 0 Å². The zero-order valence-corrected chi connectivity index (χ0v) is 15.4. The van der Waals surface area contributed by atoms with Crippen LogP contribution in [-0.4, -0.2) is 7.11 Å². The maximum Gasteiger partial charge on any atom is 0.416 e. The summed E-state index contributed by atoms with van der Waals surface area (Å²) in [5.74, 6) is 0.857. The Morgan fingerprint density at radius 3 is 2.41 bits per heavy atom. The molecule has 0 unspecified atom stereocenters. The normalized spacial score (nSPS) is 11.9. The van der Waals surface area contributed by atoms with E-state index in [-0.39, 0.29) is 28.8 Å². The van der Waals surface area contributed by atoms with Crippen molar-refractivity contribution < 1.29 is 31.5 Å². The van der Waals surface area contributed by atoms with Crippen LogP contribution in [-0.2, 0) is 12.8 Å². The Morgan fingerprint density at radius 1 is 1.03 bits per heavy atom. The third-order valence-corrected chi connectivity index (χ3v) is 4.49. The number of furan rings is 1. The molecule has 4 aromatic rings. The van der Waals surface area contributed by atoms with Crippen molar-refractivity contribution in [2.24, 2.45) is 0 Å². The van der Waals surface area contributed by atoms with Crippen molar-refractivity contribution in [1.29, 1.82) is 0 Å². The van der Waals surface area contributed by atoms with E-state index < -0.39 is 11.7 Å². The van der Waals surface area contributed by atoms with Crippen LogP contribution in [0, 0.1) is 6.92 Å². The summed E-state index contributed by atoms with van der Waals surface area (Å²) in [6, 6.07) is 7.61. The molecule has 2 aromatic carbocycles. The quantitative estimate of drug-likeness (QED) is 0.452.